The molecule has 1 aromatic rings. The number of hydrogen-bond donors (Lipinski definition) is 2. The molecule has 0 spiro atoms. The van der Waals surface area contributed by atoms with Gasteiger partial charge in [0, 0.05) is 19.3 Å². The van der Waals surface area contributed by atoms with E-state index in [4.69, 9.17) is 5.73 Å². The molecule has 1 unspecified atom stereocenters. The van der Waals surface area contributed by atoms with E-state index in [1.165, 1.54) is 0 Å². The van der Waals surface area contributed by atoms with Crippen molar-refractivity contribution in [2.45, 2.75) is 32.4 Å². The van der Waals surface area contributed by atoms with Gasteiger partial charge in [0.25, 0.3) is 0 Å². The number of nitrogens with zero attached hydrogens (tertiary/aromatic N) is 3. The van der Waals surface area contributed by atoms with Crippen LogP contribution in [0.1, 0.15) is 19.8 Å². The Hall–Kier alpha value is -1.43. The second-order valence-electron chi connectivity index (χ2n) is 3.33. The lowest BCUT2D eigenvalue weighted by atomic mass is 10.2. The molecule has 1 atom stereocenters. The van der Waals surface area contributed by atoms with Gasteiger partial charge >= 0.3 is 0 Å². The van der Waals surface area contributed by atoms with E-state index in [9.17, 15) is 4.79 Å². The van der Waals surface area contributed by atoms with Crippen LogP contribution in [0.15, 0.2) is 12.4 Å². The molecule has 6 nitrogen and oxygen atoms in total. The van der Waals surface area contributed by atoms with Crippen LogP contribution in [0.3, 0.4) is 0 Å². The van der Waals surface area contributed by atoms with Crippen molar-refractivity contribution in [3.63, 3.8) is 0 Å². The van der Waals surface area contributed by atoms with Crippen LogP contribution in [0.4, 0.5) is 0 Å². The van der Waals surface area contributed by atoms with Crippen LogP contribution in [0, 0.1) is 0 Å². The minimum absolute atomic E-state index is 0.0870. The second kappa shape index (κ2) is 6.13. The second-order valence-corrected chi connectivity index (χ2v) is 3.33. The number of carbonyl (C=O) groups is 1. The lowest BCUT2D eigenvalue weighted by molar-refractivity contribution is -0.122. The number of hydrogen-bond acceptors (Lipinski definition) is 4. The summed E-state index contributed by atoms with van der Waals surface area (Å²) in [5.41, 5.74) is 5.55. The van der Waals surface area contributed by atoms with E-state index in [1.54, 1.807) is 17.1 Å². The Morgan fingerprint density at radius 2 is 2.47 bits per heavy atom. The molecule has 0 aliphatic carbocycles. The van der Waals surface area contributed by atoms with Crippen molar-refractivity contribution < 1.29 is 4.79 Å². The third-order valence-corrected chi connectivity index (χ3v) is 2.11. The monoisotopic (exact) mass is 211 g/mol. The summed E-state index contributed by atoms with van der Waals surface area (Å²) in [5, 5.41) is 10.3. The van der Waals surface area contributed by atoms with Gasteiger partial charge < -0.3 is 11.1 Å². The molecule has 3 N–H and O–H groups in total. The minimum atomic E-state index is -0.392. The zero-order valence-corrected chi connectivity index (χ0v) is 8.89. The van der Waals surface area contributed by atoms with E-state index in [1.807, 2.05) is 6.92 Å². The summed E-state index contributed by atoms with van der Waals surface area (Å²) in [4.78, 5) is 11.3. The number of aryl methyl sites for hydroxylation is 1. The van der Waals surface area contributed by atoms with Gasteiger partial charge in [-0.1, -0.05) is 12.1 Å². The van der Waals surface area contributed by atoms with Crippen LogP contribution in [0.25, 0.3) is 0 Å². The van der Waals surface area contributed by atoms with Gasteiger partial charge in [0.05, 0.1) is 12.2 Å². The fourth-order valence-corrected chi connectivity index (χ4v) is 1.12. The number of nitrogens with one attached hydrogen (secondary N) is 1. The Labute approximate surface area is 88.8 Å². The quantitative estimate of drug-likeness (QED) is 0.622. The number of nitrogens with two attached hydrogens (primary N) is 1. The first-order chi connectivity index (χ1) is 7.24. The molecule has 15 heavy (non-hydrogen) atoms. The maximum atomic E-state index is 11.3. The Bertz CT molecular complexity index is 285. The van der Waals surface area contributed by atoms with Crippen molar-refractivity contribution >= 4 is 5.91 Å². The summed E-state index contributed by atoms with van der Waals surface area (Å²) in [6, 6.07) is -0.392. The molecule has 1 rings (SSSR count). The van der Waals surface area contributed by atoms with Crippen LogP contribution in [-0.2, 0) is 11.3 Å². The van der Waals surface area contributed by atoms with Gasteiger partial charge in [0.2, 0.25) is 5.91 Å². The van der Waals surface area contributed by atoms with Crippen molar-refractivity contribution in [2.75, 3.05) is 6.54 Å². The van der Waals surface area contributed by atoms with Gasteiger partial charge in [0.1, 0.15) is 0 Å². The van der Waals surface area contributed by atoms with E-state index in [-0.39, 0.29) is 5.91 Å². The molecule has 1 amide bonds. The number of aromatic nitrogens is 3. The Kier molecular flexibility index (Phi) is 4.76. The van der Waals surface area contributed by atoms with E-state index in [0.717, 1.165) is 13.0 Å². The Morgan fingerprint density at radius 1 is 1.67 bits per heavy atom. The van der Waals surface area contributed by atoms with Gasteiger partial charge in [0.15, 0.2) is 0 Å². The summed E-state index contributed by atoms with van der Waals surface area (Å²) in [6.45, 7) is 3.26. The predicted molar refractivity (Wildman–Crippen MR) is 55.9 cm³/mol. The van der Waals surface area contributed by atoms with Gasteiger partial charge in [-0.15, -0.1) is 5.10 Å². The van der Waals surface area contributed by atoms with Gasteiger partial charge in [-0.2, -0.15) is 0 Å². The first-order valence-electron chi connectivity index (χ1n) is 5.11. The highest BCUT2D eigenvalue weighted by molar-refractivity contribution is 5.81. The molecule has 0 aliphatic rings. The highest BCUT2D eigenvalue weighted by Crippen LogP contribution is 1.88. The molecule has 0 radical (unpaired) electrons. The van der Waals surface area contributed by atoms with Crippen molar-refractivity contribution in [2.24, 2.45) is 5.73 Å². The zero-order valence-electron chi connectivity index (χ0n) is 8.89. The number of amides is 1. The van der Waals surface area contributed by atoms with Crippen LogP contribution in [0.5, 0.6) is 0 Å². The van der Waals surface area contributed by atoms with Crippen LogP contribution < -0.4 is 11.1 Å². The van der Waals surface area contributed by atoms with Crippen molar-refractivity contribution in [1.29, 1.82) is 0 Å². The molecule has 6 heteroatoms. The molecule has 1 aromatic heterocycles. The van der Waals surface area contributed by atoms with E-state index in [2.05, 4.69) is 15.6 Å². The predicted octanol–water partition coefficient (Wildman–Crippen LogP) is -0.478. The van der Waals surface area contributed by atoms with Gasteiger partial charge in [-0.05, 0) is 12.8 Å². The van der Waals surface area contributed by atoms with Crippen molar-refractivity contribution in [3.8, 4) is 0 Å². The molecular weight excluding hydrogens is 194 g/mol. The molecule has 0 saturated carbocycles. The summed E-state index contributed by atoms with van der Waals surface area (Å²) < 4.78 is 1.73. The average Bonchev–Trinajstić information content (AvgIpc) is 2.75. The fourth-order valence-electron chi connectivity index (χ4n) is 1.12. The van der Waals surface area contributed by atoms with Crippen molar-refractivity contribution in [1.82, 2.24) is 20.3 Å². The van der Waals surface area contributed by atoms with Crippen LogP contribution in [-0.4, -0.2) is 33.5 Å². The molecule has 0 fully saturated rings. The standard InChI is InChI=1S/C9H17N5O/c1-2-8(10)9(15)11-4-3-6-14-7-5-12-13-14/h5,7-8H,2-4,6,10H2,1H3,(H,11,15). The molecule has 0 saturated heterocycles. The van der Waals surface area contributed by atoms with Crippen molar-refractivity contribution in [3.05, 3.63) is 12.4 Å². The lowest BCUT2D eigenvalue weighted by Gasteiger charge is -2.09. The maximum absolute atomic E-state index is 11.3. The van der Waals surface area contributed by atoms with Gasteiger partial charge in [-0.25, -0.2) is 0 Å². The summed E-state index contributed by atoms with van der Waals surface area (Å²) >= 11 is 0. The SMILES string of the molecule is CCC(N)C(=O)NCCCn1ccnn1. The minimum Gasteiger partial charge on any atom is -0.355 e. The highest BCUT2D eigenvalue weighted by Gasteiger charge is 2.08. The van der Waals surface area contributed by atoms with Crippen LogP contribution >= 0.6 is 0 Å². The number of rotatable bonds is 6. The van der Waals surface area contributed by atoms with Gasteiger partial charge in [-0.3, -0.25) is 9.48 Å². The van der Waals surface area contributed by atoms with E-state index < -0.39 is 6.04 Å². The molecule has 0 bridgehead atoms. The zero-order chi connectivity index (χ0) is 11.1. The largest absolute Gasteiger partial charge is 0.355 e. The Morgan fingerprint density at radius 3 is 3.07 bits per heavy atom. The van der Waals surface area contributed by atoms with Crippen LogP contribution in [0.2, 0.25) is 0 Å². The molecule has 1 heterocycles. The Balaban J connectivity index is 2.09. The lowest BCUT2D eigenvalue weighted by Crippen LogP contribution is -2.40. The smallest absolute Gasteiger partial charge is 0.236 e. The first-order valence-corrected chi connectivity index (χ1v) is 5.11. The fraction of sp³-hybridized carbons (Fsp3) is 0.667. The average molecular weight is 211 g/mol. The summed E-state index contributed by atoms with van der Waals surface area (Å²) in [6.07, 6.45) is 4.91. The molecule has 84 valence electrons. The first kappa shape index (κ1) is 11.6. The molecule has 0 aliphatic heterocycles. The van der Waals surface area contributed by atoms with E-state index in [0.29, 0.717) is 13.0 Å². The normalized spacial score (nSPS) is 12.4. The van der Waals surface area contributed by atoms with E-state index >= 15 is 0 Å². The molecule has 0 aromatic carbocycles. The maximum Gasteiger partial charge on any atom is 0.236 e. The third kappa shape index (κ3) is 4.07. The highest BCUT2D eigenvalue weighted by atomic mass is 16.2. The number of carbonyl (C=O) groups excluding carboxylic acids is 1. The summed E-state index contributed by atoms with van der Waals surface area (Å²) in [7, 11) is 0. The molecular formula is C9H17N5O. The topological polar surface area (TPSA) is 85.8 Å². The third-order valence-electron chi connectivity index (χ3n) is 2.11. The summed E-state index contributed by atoms with van der Waals surface area (Å²) in [5.74, 6) is -0.0870.